The summed E-state index contributed by atoms with van der Waals surface area (Å²) in [5.74, 6) is 1.36. The van der Waals surface area contributed by atoms with Crippen LogP contribution < -0.4 is 15.2 Å². The fraction of sp³-hybridized carbons (Fsp3) is 0.333. The molecule has 122 valence electrons. The summed E-state index contributed by atoms with van der Waals surface area (Å²) in [6.07, 6.45) is 0. The zero-order chi connectivity index (χ0) is 16.4. The van der Waals surface area contributed by atoms with E-state index in [1.54, 1.807) is 14.2 Å². The molecule has 2 aromatic carbocycles. The van der Waals surface area contributed by atoms with E-state index in [9.17, 15) is 4.39 Å². The highest BCUT2D eigenvalue weighted by atomic mass is 19.1. The van der Waals surface area contributed by atoms with Gasteiger partial charge in [0.1, 0.15) is 17.3 Å². The van der Waals surface area contributed by atoms with Crippen molar-refractivity contribution in [2.45, 2.75) is 19.1 Å². The lowest BCUT2D eigenvalue weighted by Gasteiger charge is -2.24. The lowest BCUT2D eigenvalue weighted by atomic mass is 10.0. The number of benzene rings is 2. The van der Waals surface area contributed by atoms with Crippen molar-refractivity contribution in [3.05, 3.63) is 58.9 Å². The van der Waals surface area contributed by atoms with Gasteiger partial charge in [0.15, 0.2) is 0 Å². The lowest BCUT2D eigenvalue weighted by Crippen LogP contribution is -2.27. The number of fused-ring (bicyclic) bond motifs is 1. The number of rotatable bonds is 5. The van der Waals surface area contributed by atoms with Crippen LogP contribution in [0, 0.1) is 5.82 Å². The smallest absolute Gasteiger partial charge is 0.127 e. The van der Waals surface area contributed by atoms with Crippen molar-refractivity contribution in [1.82, 2.24) is 4.90 Å². The average Bonchev–Trinajstić information content (AvgIpc) is 2.92. The SMILES string of the molecule is COc1cc2c(c(OC)c1)C(CN)N(Cc1ccc(F)cc1)C2. The van der Waals surface area contributed by atoms with Gasteiger partial charge in [-0.1, -0.05) is 12.1 Å². The van der Waals surface area contributed by atoms with Crippen LogP contribution in [0.25, 0.3) is 0 Å². The zero-order valence-electron chi connectivity index (χ0n) is 13.4. The Morgan fingerprint density at radius 3 is 2.52 bits per heavy atom. The second kappa shape index (κ2) is 6.56. The maximum absolute atomic E-state index is 13.1. The van der Waals surface area contributed by atoms with Crippen LogP contribution in [0.2, 0.25) is 0 Å². The van der Waals surface area contributed by atoms with E-state index in [0.29, 0.717) is 13.1 Å². The number of ether oxygens (including phenoxy) is 2. The van der Waals surface area contributed by atoms with Gasteiger partial charge in [-0.2, -0.15) is 0 Å². The number of methoxy groups -OCH3 is 2. The van der Waals surface area contributed by atoms with Crippen molar-refractivity contribution in [2.75, 3.05) is 20.8 Å². The standard InChI is InChI=1S/C18H21FN2O2/c1-22-15-7-13-11-21(10-12-3-5-14(19)6-4-12)16(9-20)18(13)17(8-15)23-2/h3-8,16H,9-11,20H2,1-2H3. The lowest BCUT2D eigenvalue weighted by molar-refractivity contribution is 0.208. The molecular weight excluding hydrogens is 295 g/mol. The van der Waals surface area contributed by atoms with Crippen LogP contribution in [0.4, 0.5) is 4.39 Å². The molecule has 0 aliphatic carbocycles. The van der Waals surface area contributed by atoms with E-state index in [0.717, 1.165) is 29.2 Å². The third kappa shape index (κ3) is 3.02. The van der Waals surface area contributed by atoms with E-state index in [1.807, 2.05) is 24.3 Å². The molecule has 1 aliphatic rings. The molecule has 0 saturated carbocycles. The summed E-state index contributed by atoms with van der Waals surface area (Å²) in [7, 11) is 3.30. The molecule has 1 heterocycles. The van der Waals surface area contributed by atoms with Crippen LogP contribution in [0.1, 0.15) is 22.7 Å². The largest absolute Gasteiger partial charge is 0.497 e. The minimum absolute atomic E-state index is 0.0795. The van der Waals surface area contributed by atoms with Crippen molar-refractivity contribution < 1.29 is 13.9 Å². The number of hydrogen-bond donors (Lipinski definition) is 1. The highest BCUT2D eigenvalue weighted by Gasteiger charge is 2.32. The summed E-state index contributed by atoms with van der Waals surface area (Å²) < 4.78 is 24.0. The molecule has 2 aromatic rings. The normalized spacial score (nSPS) is 17.1. The fourth-order valence-electron chi connectivity index (χ4n) is 3.22. The van der Waals surface area contributed by atoms with Crippen LogP contribution in [-0.4, -0.2) is 25.7 Å². The molecule has 0 spiro atoms. The highest BCUT2D eigenvalue weighted by Crippen LogP contribution is 2.42. The van der Waals surface area contributed by atoms with Crippen molar-refractivity contribution in [3.8, 4) is 11.5 Å². The predicted octanol–water partition coefficient (Wildman–Crippen LogP) is 2.86. The summed E-state index contributed by atoms with van der Waals surface area (Å²) in [5, 5.41) is 0. The molecule has 0 fully saturated rings. The van der Waals surface area contributed by atoms with Gasteiger partial charge in [-0.25, -0.2) is 4.39 Å². The van der Waals surface area contributed by atoms with Crippen LogP contribution >= 0.6 is 0 Å². The van der Waals surface area contributed by atoms with E-state index >= 15 is 0 Å². The minimum Gasteiger partial charge on any atom is -0.497 e. The van der Waals surface area contributed by atoms with Gasteiger partial charge in [-0.3, -0.25) is 4.90 Å². The van der Waals surface area contributed by atoms with Crippen molar-refractivity contribution >= 4 is 0 Å². The molecule has 0 aromatic heterocycles. The van der Waals surface area contributed by atoms with E-state index in [1.165, 1.54) is 17.7 Å². The summed E-state index contributed by atoms with van der Waals surface area (Å²) in [6.45, 7) is 1.97. The Labute approximate surface area is 135 Å². The predicted molar refractivity (Wildman–Crippen MR) is 87.0 cm³/mol. The van der Waals surface area contributed by atoms with Gasteiger partial charge >= 0.3 is 0 Å². The maximum atomic E-state index is 13.1. The number of hydrogen-bond acceptors (Lipinski definition) is 4. The van der Waals surface area contributed by atoms with Crippen LogP contribution in [-0.2, 0) is 13.1 Å². The molecule has 1 unspecified atom stereocenters. The quantitative estimate of drug-likeness (QED) is 0.921. The molecule has 0 amide bonds. The molecule has 0 radical (unpaired) electrons. The van der Waals surface area contributed by atoms with Gasteiger partial charge < -0.3 is 15.2 Å². The summed E-state index contributed by atoms with van der Waals surface area (Å²) in [6, 6.07) is 10.6. The van der Waals surface area contributed by atoms with Gasteiger partial charge in [0.25, 0.3) is 0 Å². The van der Waals surface area contributed by atoms with E-state index < -0.39 is 0 Å². The van der Waals surface area contributed by atoms with E-state index in [-0.39, 0.29) is 11.9 Å². The molecular formula is C18H21FN2O2. The van der Waals surface area contributed by atoms with Gasteiger partial charge in [0, 0.05) is 31.3 Å². The summed E-state index contributed by atoms with van der Waals surface area (Å²) in [5.41, 5.74) is 9.37. The van der Waals surface area contributed by atoms with Crippen molar-refractivity contribution in [1.29, 1.82) is 0 Å². The Bertz CT molecular complexity index is 688. The Kier molecular flexibility index (Phi) is 4.50. The second-order valence-corrected chi connectivity index (χ2v) is 5.69. The summed E-state index contributed by atoms with van der Waals surface area (Å²) >= 11 is 0. The van der Waals surface area contributed by atoms with Gasteiger partial charge in [-0.15, -0.1) is 0 Å². The van der Waals surface area contributed by atoms with Crippen LogP contribution in [0.5, 0.6) is 11.5 Å². The monoisotopic (exact) mass is 316 g/mol. The van der Waals surface area contributed by atoms with E-state index in [2.05, 4.69) is 4.90 Å². The Hall–Kier alpha value is -2.11. The van der Waals surface area contributed by atoms with Gasteiger partial charge in [-0.05, 0) is 29.3 Å². The molecule has 5 heteroatoms. The second-order valence-electron chi connectivity index (χ2n) is 5.69. The topological polar surface area (TPSA) is 47.7 Å². The van der Waals surface area contributed by atoms with Crippen LogP contribution in [0.3, 0.4) is 0 Å². The van der Waals surface area contributed by atoms with Gasteiger partial charge in [0.2, 0.25) is 0 Å². The summed E-state index contributed by atoms with van der Waals surface area (Å²) in [4.78, 5) is 2.28. The molecule has 23 heavy (non-hydrogen) atoms. The first kappa shape index (κ1) is 15.8. The molecule has 0 bridgehead atoms. The molecule has 4 nitrogen and oxygen atoms in total. The van der Waals surface area contributed by atoms with Crippen LogP contribution in [0.15, 0.2) is 36.4 Å². The zero-order valence-corrected chi connectivity index (χ0v) is 13.4. The number of nitrogens with two attached hydrogens (primary N) is 1. The fourth-order valence-corrected chi connectivity index (χ4v) is 3.22. The number of halogens is 1. The molecule has 1 atom stereocenters. The third-order valence-electron chi connectivity index (χ3n) is 4.33. The first-order valence-electron chi connectivity index (χ1n) is 7.59. The first-order valence-corrected chi connectivity index (χ1v) is 7.59. The van der Waals surface area contributed by atoms with Crippen molar-refractivity contribution in [3.63, 3.8) is 0 Å². The Balaban J connectivity index is 1.91. The number of nitrogens with zero attached hydrogens (tertiary/aromatic N) is 1. The highest BCUT2D eigenvalue weighted by molar-refractivity contribution is 5.50. The Morgan fingerprint density at radius 2 is 1.91 bits per heavy atom. The molecule has 0 saturated heterocycles. The van der Waals surface area contributed by atoms with E-state index in [4.69, 9.17) is 15.2 Å². The Morgan fingerprint density at radius 1 is 1.17 bits per heavy atom. The molecule has 2 N–H and O–H groups in total. The molecule has 3 rings (SSSR count). The minimum atomic E-state index is -0.222. The average molecular weight is 316 g/mol. The third-order valence-corrected chi connectivity index (χ3v) is 4.33. The maximum Gasteiger partial charge on any atom is 0.127 e. The first-order chi connectivity index (χ1) is 11.2. The van der Waals surface area contributed by atoms with Gasteiger partial charge in [0.05, 0.1) is 20.3 Å². The molecule has 1 aliphatic heterocycles. The van der Waals surface area contributed by atoms with Crippen molar-refractivity contribution in [2.24, 2.45) is 5.73 Å².